The highest BCUT2D eigenvalue weighted by Gasteiger charge is 2.39. The Kier molecular flexibility index (Phi) is 36.9. The summed E-state index contributed by atoms with van der Waals surface area (Å²) < 4.78 is 23.0. The molecule has 1 aromatic heterocycles. The number of amides is 1. The lowest BCUT2D eigenvalue weighted by Gasteiger charge is -2.22. The normalized spacial score (nSPS) is 14.9. The summed E-state index contributed by atoms with van der Waals surface area (Å²) in [6, 6.07) is -0.533. The molecule has 13 heteroatoms. The van der Waals surface area contributed by atoms with E-state index >= 15 is 0 Å². The van der Waals surface area contributed by atoms with E-state index in [1.165, 1.54) is 115 Å². The molecule has 2 atom stereocenters. The summed E-state index contributed by atoms with van der Waals surface area (Å²) in [6.45, 7) is 8.63. The average Bonchev–Trinajstić information content (AvgIpc) is 4.01. The third-order valence-electron chi connectivity index (χ3n) is 12.9. The summed E-state index contributed by atoms with van der Waals surface area (Å²) in [5.41, 5.74) is 0. The van der Waals surface area contributed by atoms with Crippen molar-refractivity contribution >= 4 is 29.8 Å². The number of carbonyl (C=O) groups is 5. The molecular weight excluding hydrogens is 849 g/mol. The van der Waals surface area contributed by atoms with E-state index in [0.717, 1.165) is 83.5 Å². The van der Waals surface area contributed by atoms with Gasteiger partial charge in [-0.05, 0) is 64.3 Å². The lowest BCUT2D eigenvalue weighted by molar-refractivity contribution is -0.151. The third kappa shape index (κ3) is 32.1. The molecule has 386 valence electrons. The zero-order chi connectivity index (χ0) is 48.4. The monoisotopic (exact) mass is 945 g/mol. The number of H-pyrrole nitrogens is 1. The quantitative estimate of drug-likeness (QED) is 0.0363. The van der Waals surface area contributed by atoms with Crippen molar-refractivity contribution in [1.29, 1.82) is 0 Å². The van der Waals surface area contributed by atoms with Crippen molar-refractivity contribution < 1.29 is 42.9 Å². The van der Waals surface area contributed by atoms with Crippen LogP contribution < -0.4 is 5.32 Å². The standard InChI is InChI=1S/C54H96N4O9/c1-4-7-10-13-16-17-18-23-31-42-64-49(59)35-29-25-30-41-58-45-47(67-51(61)37-38-57-53(62)52-55-39-40-56-52)44-48(58)54(63)65-43-32-24-19-22-28-36-50(60)66-46(33-26-20-14-11-8-5-2)34-27-21-15-12-9-6-3/h39-40,46-48H,4-38,41-45H2,1-3H3,(H,55,56)(H,57,62)/t47?,48-/m0/s1. The predicted octanol–water partition coefficient (Wildman–Crippen LogP) is 12.4. The Morgan fingerprint density at radius 3 is 1.69 bits per heavy atom. The van der Waals surface area contributed by atoms with Crippen LogP contribution in [0.3, 0.4) is 0 Å². The highest BCUT2D eigenvalue weighted by molar-refractivity contribution is 5.90. The Morgan fingerprint density at radius 2 is 1.12 bits per heavy atom. The van der Waals surface area contributed by atoms with Gasteiger partial charge in [-0.1, -0.05) is 162 Å². The number of nitrogens with one attached hydrogen (secondary N) is 2. The second kappa shape index (κ2) is 41.5. The number of esters is 4. The SMILES string of the molecule is CCCCCCCCCCCOC(=O)CCCCCN1CC(OC(=O)CCNC(=O)c2ncc[nH]2)C[C@H]1C(=O)OCCCCCCCC(=O)OC(CCCCCCCC)CCCCCCCC. The van der Waals surface area contributed by atoms with Gasteiger partial charge < -0.3 is 29.2 Å². The molecule has 1 aliphatic heterocycles. The molecule has 0 aromatic carbocycles. The number of carbonyl (C=O) groups excluding carboxylic acids is 5. The van der Waals surface area contributed by atoms with Gasteiger partial charge in [-0.15, -0.1) is 0 Å². The first-order chi connectivity index (χ1) is 32.8. The molecule has 0 aliphatic carbocycles. The second-order valence-corrected chi connectivity index (χ2v) is 19.1. The third-order valence-corrected chi connectivity index (χ3v) is 12.9. The number of nitrogens with zero attached hydrogens (tertiary/aromatic N) is 2. The van der Waals surface area contributed by atoms with Gasteiger partial charge in [0.15, 0.2) is 5.82 Å². The Balaban J connectivity index is 1.71. The number of rotatable bonds is 45. The molecule has 1 unspecified atom stereocenters. The summed E-state index contributed by atoms with van der Waals surface area (Å²) in [7, 11) is 0. The molecule has 0 radical (unpaired) electrons. The fourth-order valence-electron chi connectivity index (χ4n) is 8.85. The van der Waals surface area contributed by atoms with Crippen molar-refractivity contribution in [3.63, 3.8) is 0 Å². The van der Waals surface area contributed by atoms with Crippen LogP contribution in [0.25, 0.3) is 0 Å². The lowest BCUT2D eigenvalue weighted by atomic mass is 10.0. The summed E-state index contributed by atoms with van der Waals surface area (Å²) in [6.07, 6.45) is 38.2. The van der Waals surface area contributed by atoms with Gasteiger partial charge in [-0.25, -0.2) is 4.98 Å². The maximum Gasteiger partial charge on any atom is 0.323 e. The molecule has 13 nitrogen and oxygen atoms in total. The maximum absolute atomic E-state index is 13.4. The number of unbranched alkanes of at least 4 members (excludes halogenated alkanes) is 24. The number of likely N-dealkylation sites (tertiary alicyclic amines) is 1. The van der Waals surface area contributed by atoms with Crippen LogP contribution in [0.2, 0.25) is 0 Å². The van der Waals surface area contributed by atoms with Crippen molar-refractivity contribution in [2.24, 2.45) is 0 Å². The van der Waals surface area contributed by atoms with Crippen LogP contribution in [0.1, 0.15) is 256 Å². The minimum Gasteiger partial charge on any atom is -0.466 e. The number of imidazole rings is 1. The molecule has 0 spiro atoms. The van der Waals surface area contributed by atoms with E-state index in [1.807, 2.05) is 4.90 Å². The lowest BCUT2D eigenvalue weighted by Crippen LogP contribution is -2.38. The van der Waals surface area contributed by atoms with E-state index in [9.17, 15) is 24.0 Å². The topological polar surface area (TPSA) is 166 Å². The maximum atomic E-state index is 13.4. The number of hydrogen-bond donors (Lipinski definition) is 2. The molecule has 1 amide bonds. The fraction of sp³-hybridized carbons (Fsp3) is 0.852. The molecule has 2 N–H and O–H groups in total. The van der Waals surface area contributed by atoms with E-state index in [1.54, 1.807) is 6.20 Å². The van der Waals surface area contributed by atoms with Crippen LogP contribution in [0.15, 0.2) is 12.4 Å². The largest absolute Gasteiger partial charge is 0.466 e. The molecule has 1 saturated heterocycles. The van der Waals surface area contributed by atoms with Gasteiger partial charge in [0, 0.05) is 44.7 Å². The van der Waals surface area contributed by atoms with Crippen molar-refractivity contribution in [2.45, 2.75) is 264 Å². The first-order valence-corrected chi connectivity index (χ1v) is 27.5. The van der Waals surface area contributed by atoms with Gasteiger partial charge in [0.25, 0.3) is 5.91 Å². The van der Waals surface area contributed by atoms with Crippen molar-refractivity contribution in [3.8, 4) is 0 Å². The Bertz CT molecular complexity index is 1380. The molecule has 1 aliphatic rings. The number of aromatic nitrogens is 2. The van der Waals surface area contributed by atoms with Gasteiger partial charge in [-0.2, -0.15) is 0 Å². The van der Waals surface area contributed by atoms with Crippen LogP contribution in [-0.2, 0) is 38.1 Å². The number of aromatic amines is 1. The van der Waals surface area contributed by atoms with E-state index in [2.05, 4.69) is 36.1 Å². The minimum absolute atomic E-state index is 0.00645. The van der Waals surface area contributed by atoms with Crippen LogP contribution in [-0.4, -0.2) is 95.8 Å². The minimum atomic E-state index is -0.533. The van der Waals surface area contributed by atoms with Crippen molar-refractivity contribution in [1.82, 2.24) is 20.2 Å². The van der Waals surface area contributed by atoms with Gasteiger partial charge >= 0.3 is 23.9 Å². The smallest absolute Gasteiger partial charge is 0.323 e. The second-order valence-electron chi connectivity index (χ2n) is 19.1. The number of ether oxygens (including phenoxy) is 4. The molecule has 0 saturated carbocycles. The average molecular weight is 945 g/mol. The highest BCUT2D eigenvalue weighted by Crippen LogP contribution is 2.24. The Labute approximate surface area is 406 Å². The molecule has 2 heterocycles. The molecule has 0 bridgehead atoms. The van der Waals surface area contributed by atoms with Crippen LogP contribution >= 0.6 is 0 Å². The summed E-state index contributed by atoms with van der Waals surface area (Å²) >= 11 is 0. The van der Waals surface area contributed by atoms with Crippen LogP contribution in [0, 0.1) is 0 Å². The van der Waals surface area contributed by atoms with Crippen LogP contribution in [0.5, 0.6) is 0 Å². The molecule has 67 heavy (non-hydrogen) atoms. The Morgan fingerprint density at radius 1 is 0.612 bits per heavy atom. The van der Waals surface area contributed by atoms with Gasteiger partial charge in [0.1, 0.15) is 18.2 Å². The predicted molar refractivity (Wildman–Crippen MR) is 267 cm³/mol. The van der Waals surface area contributed by atoms with Crippen molar-refractivity contribution in [2.75, 3.05) is 32.8 Å². The molecule has 1 aromatic rings. The van der Waals surface area contributed by atoms with Gasteiger partial charge in [0.05, 0.1) is 19.6 Å². The van der Waals surface area contributed by atoms with E-state index in [-0.39, 0.29) is 42.8 Å². The van der Waals surface area contributed by atoms with E-state index in [0.29, 0.717) is 52.0 Å². The summed E-state index contributed by atoms with van der Waals surface area (Å²) in [5.74, 6) is -1.22. The summed E-state index contributed by atoms with van der Waals surface area (Å²) in [5, 5.41) is 2.66. The molecule has 1 fully saturated rings. The summed E-state index contributed by atoms with van der Waals surface area (Å²) in [4.78, 5) is 72.2. The Hall–Kier alpha value is -3.48. The molecular formula is C54H96N4O9. The highest BCUT2D eigenvalue weighted by atomic mass is 16.6. The first-order valence-electron chi connectivity index (χ1n) is 27.5. The zero-order valence-electron chi connectivity index (χ0n) is 42.7. The zero-order valence-corrected chi connectivity index (χ0v) is 42.7. The molecule has 2 rings (SSSR count). The van der Waals surface area contributed by atoms with Gasteiger partial charge in [-0.3, -0.25) is 28.9 Å². The van der Waals surface area contributed by atoms with E-state index < -0.39 is 24.0 Å². The first kappa shape index (κ1) is 59.6. The van der Waals surface area contributed by atoms with E-state index in [4.69, 9.17) is 18.9 Å². The number of hydrogen-bond acceptors (Lipinski definition) is 11. The van der Waals surface area contributed by atoms with Crippen molar-refractivity contribution in [3.05, 3.63) is 18.2 Å². The van der Waals surface area contributed by atoms with Crippen LogP contribution in [0.4, 0.5) is 0 Å². The fourth-order valence-corrected chi connectivity index (χ4v) is 8.85. The van der Waals surface area contributed by atoms with Gasteiger partial charge in [0.2, 0.25) is 0 Å².